The van der Waals surface area contributed by atoms with Crippen molar-refractivity contribution in [3.8, 4) is 0 Å². The number of nitrogens with one attached hydrogen (secondary N) is 1. The lowest BCUT2D eigenvalue weighted by Gasteiger charge is -2.24. The second-order valence-corrected chi connectivity index (χ2v) is 6.31. The second kappa shape index (κ2) is 7.63. The largest absolute Gasteiger partial charge is 0.363 e. The molecule has 0 saturated carbocycles. The number of hydrogen-bond donors (Lipinski definition) is 1. The van der Waals surface area contributed by atoms with E-state index in [0.29, 0.717) is 12.3 Å². The van der Waals surface area contributed by atoms with Gasteiger partial charge >= 0.3 is 0 Å². The van der Waals surface area contributed by atoms with Gasteiger partial charge in [-0.3, -0.25) is 4.79 Å². The Kier molecular flexibility index (Phi) is 5.83. The van der Waals surface area contributed by atoms with Gasteiger partial charge in [0.1, 0.15) is 0 Å². The maximum Gasteiger partial charge on any atom is 0.223 e. The Morgan fingerprint density at radius 2 is 2.42 bits per heavy atom. The van der Waals surface area contributed by atoms with Gasteiger partial charge in [-0.25, -0.2) is 0 Å². The standard InChI is InChI=1S/C15H24N2OS/c1-2-3-11-19-12-8-15(18)17-10-5-7-14(17)13-6-4-9-16-13/h4,6,9,14,16H,2-3,5,7-8,10-12H2,1H3. The van der Waals surface area contributed by atoms with E-state index in [1.54, 1.807) is 0 Å². The van der Waals surface area contributed by atoms with E-state index in [2.05, 4.69) is 22.9 Å². The molecule has 2 heterocycles. The molecule has 0 bridgehead atoms. The van der Waals surface area contributed by atoms with Crippen LogP contribution in [0.5, 0.6) is 0 Å². The summed E-state index contributed by atoms with van der Waals surface area (Å²) in [5, 5.41) is 0. The van der Waals surface area contributed by atoms with E-state index in [-0.39, 0.29) is 6.04 Å². The average molecular weight is 280 g/mol. The first-order valence-corrected chi connectivity index (χ1v) is 8.49. The number of carbonyl (C=O) groups excluding carboxylic acids is 1. The summed E-state index contributed by atoms with van der Waals surface area (Å²) in [7, 11) is 0. The number of unbranched alkanes of at least 4 members (excludes halogenated alkanes) is 1. The SMILES string of the molecule is CCCCSCCC(=O)N1CCCC1c1ccc[nH]1. The van der Waals surface area contributed by atoms with Crippen LogP contribution in [0.2, 0.25) is 0 Å². The van der Waals surface area contributed by atoms with Crippen LogP contribution in [0.1, 0.15) is 50.8 Å². The molecule has 2 rings (SSSR count). The lowest BCUT2D eigenvalue weighted by Crippen LogP contribution is -2.30. The quantitative estimate of drug-likeness (QED) is 0.775. The summed E-state index contributed by atoms with van der Waals surface area (Å²) in [6.45, 7) is 3.12. The van der Waals surface area contributed by atoms with Crippen LogP contribution in [0.4, 0.5) is 0 Å². The number of aromatic nitrogens is 1. The smallest absolute Gasteiger partial charge is 0.223 e. The molecule has 1 N–H and O–H groups in total. The highest BCUT2D eigenvalue weighted by atomic mass is 32.2. The summed E-state index contributed by atoms with van der Waals surface area (Å²) in [6, 6.07) is 4.38. The molecule has 1 aromatic heterocycles. The molecular weight excluding hydrogens is 256 g/mol. The first kappa shape index (κ1) is 14.5. The van der Waals surface area contributed by atoms with Crippen LogP contribution in [0.15, 0.2) is 18.3 Å². The minimum atomic E-state index is 0.281. The molecule has 0 aromatic carbocycles. The minimum absolute atomic E-state index is 0.281. The van der Waals surface area contributed by atoms with Crippen LogP contribution in [0.25, 0.3) is 0 Å². The van der Waals surface area contributed by atoms with Crippen molar-refractivity contribution in [2.24, 2.45) is 0 Å². The van der Waals surface area contributed by atoms with Crippen molar-refractivity contribution in [1.29, 1.82) is 0 Å². The van der Waals surface area contributed by atoms with Crippen LogP contribution in [0, 0.1) is 0 Å². The van der Waals surface area contributed by atoms with Crippen molar-refractivity contribution in [3.05, 3.63) is 24.0 Å². The molecule has 0 aliphatic carbocycles. The summed E-state index contributed by atoms with van der Waals surface area (Å²) >= 11 is 1.91. The highest BCUT2D eigenvalue weighted by Gasteiger charge is 2.29. The van der Waals surface area contributed by atoms with Gasteiger partial charge in [-0.1, -0.05) is 13.3 Å². The highest BCUT2D eigenvalue weighted by Crippen LogP contribution is 2.31. The van der Waals surface area contributed by atoms with Crippen LogP contribution in [-0.2, 0) is 4.79 Å². The monoisotopic (exact) mass is 280 g/mol. The first-order valence-electron chi connectivity index (χ1n) is 7.33. The van der Waals surface area contributed by atoms with Crippen LogP contribution >= 0.6 is 11.8 Å². The lowest BCUT2D eigenvalue weighted by molar-refractivity contribution is -0.131. The number of thioether (sulfide) groups is 1. The second-order valence-electron chi connectivity index (χ2n) is 5.09. The minimum Gasteiger partial charge on any atom is -0.363 e. The number of carbonyl (C=O) groups is 1. The number of nitrogens with zero attached hydrogens (tertiary/aromatic N) is 1. The van der Waals surface area contributed by atoms with E-state index < -0.39 is 0 Å². The number of hydrogen-bond acceptors (Lipinski definition) is 2. The Bertz CT molecular complexity index is 378. The number of H-pyrrole nitrogens is 1. The number of rotatable bonds is 7. The van der Waals surface area contributed by atoms with Crippen molar-refractivity contribution in [1.82, 2.24) is 9.88 Å². The fraction of sp³-hybridized carbons (Fsp3) is 0.667. The Morgan fingerprint density at radius 1 is 1.53 bits per heavy atom. The third kappa shape index (κ3) is 4.03. The van der Waals surface area contributed by atoms with E-state index >= 15 is 0 Å². The van der Waals surface area contributed by atoms with Gasteiger partial charge in [-0.05, 0) is 37.1 Å². The molecule has 1 unspecified atom stereocenters. The fourth-order valence-corrected chi connectivity index (χ4v) is 3.61. The van der Waals surface area contributed by atoms with Crippen molar-refractivity contribution in [2.75, 3.05) is 18.1 Å². The highest BCUT2D eigenvalue weighted by molar-refractivity contribution is 7.99. The van der Waals surface area contributed by atoms with Crippen LogP contribution in [0.3, 0.4) is 0 Å². The van der Waals surface area contributed by atoms with Gasteiger partial charge in [0.2, 0.25) is 5.91 Å². The van der Waals surface area contributed by atoms with Gasteiger partial charge < -0.3 is 9.88 Å². The topological polar surface area (TPSA) is 36.1 Å². The van der Waals surface area contributed by atoms with E-state index in [4.69, 9.17) is 0 Å². The Morgan fingerprint density at radius 3 is 3.16 bits per heavy atom. The van der Waals surface area contributed by atoms with Crippen molar-refractivity contribution in [3.63, 3.8) is 0 Å². The normalized spacial score (nSPS) is 19.0. The Balaban J connectivity index is 1.78. The van der Waals surface area contributed by atoms with Gasteiger partial charge in [0.25, 0.3) is 0 Å². The summed E-state index contributed by atoms with van der Waals surface area (Å²) in [5.41, 5.74) is 1.18. The maximum atomic E-state index is 12.3. The van der Waals surface area contributed by atoms with Gasteiger partial charge in [0, 0.05) is 30.6 Å². The summed E-state index contributed by atoms with van der Waals surface area (Å²) in [6.07, 6.45) is 7.34. The molecule has 3 nitrogen and oxygen atoms in total. The molecule has 0 spiro atoms. The predicted molar refractivity (Wildman–Crippen MR) is 81.3 cm³/mol. The van der Waals surface area contributed by atoms with Crippen molar-refractivity contribution in [2.45, 2.75) is 45.1 Å². The fourth-order valence-electron chi connectivity index (χ4n) is 2.59. The van der Waals surface area contributed by atoms with Gasteiger partial charge in [0.05, 0.1) is 6.04 Å². The average Bonchev–Trinajstić information content (AvgIpc) is 3.08. The molecule has 0 radical (unpaired) electrons. The van der Waals surface area contributed by atoms with Crippen LogP contribution in [-0.4, -0.2) is 33.8 Å². The van der Waals surface area contributed by atoms with E-state index in [1.807, 2.05) is 24.0 Å². The molecule has 1 aliphatic heterocycles. The Labute approximate surface area is 120 Å². The third-order valence-corrected chi connectivity index (χ3v) is 4.73. The number of likely N-dealkylation sites (tertiary alicyclic amines) is 1. The predicted octanol–water partition coefficient (Wildman–Crippen LogP) is 3.60. The molecule has 1 aliphatic rings. The van der Waals surface area contributed by atoms with Crippen LogP contribution < -0.4 is 0 Å². The maximum absolute atomic E-state index is 12.3. The zero-order valence-electron chi connectivity index (χ0n) is 11.7. The third-order valence-electron chi connectivity index (χ3n) is 3.66. The molecule has 106 valence electrons. The first-order chi connectivity index (χ1) is 9.33. The Hall–Kier alpha value is -0.900. The number of amides is 1. The molecule has 1 saturated heterocycles. The zero-order valence-corrected chi connectivity index (χ0v) is 12.5. The molecule has 4 heteroatoms. The zero-order chi connectivity index (χ0) is 13.5. The molecule has 1 fully saturated rings. The summed E-state index contributed by atoms with van der Waals surface area (Å²) < 4.78 is 0. The van der Waals surface area contributed by atoms with E-state index in [9.17, 15) is 4.79 Å². The van der Waals surface area contributed by atoms with E-state index in [0.717, 1.165) is 25.1 Å². The molecule has 1 aromatic rings. The van der Waals surface area contributed by atoms with Crippen molar-refractivity contribution >= 4 is 17.7 Å². The van der Waals surface area contributed by atoms with Gasteiger partial charge in [-0.15, -0.1) is 0 Å². The summed E-state index contributed by atoms with van der Waals surface area (Å²) in [4.78, 5) is 17.6. The molecule has 19 heavy (non-hydrogen) atoms. The molecule has 1 amide bonds. The van der Waals surface area contributed by atoms with Gasteiger partial charge in [0.15, 0.2) is 0 Å². The van der Waals surface area contributed by atoms with E-state index in [1.165, 1.54) is 24.3 Å². The molecule has 1 atom stereocenters. The van der Waals surface area contributed by atoms with Gasteiger partial charge in [-0.2, -0.15) is 11.8 Å². The van der Waals surface area contributed by atoms with Crippen molar-refractivity contribution < 1.29 is 4.79 Å². The molecular formula is C15H24N2OS. The summed E-state index contributed by atoms with van der Waals surface area (Å²) in [5.74, 6) is 2.47. The lowest BCUT2D eigenvalue weighted by atomic mass is 10.1. The number of aromatic amines is 1.